The van der Waals surface area contributed by atoms with Crippen molar-refractivity contribution in [1.82, 2.24) is 4.90 Å². The number of benzene rings is 2. The van der Waals surface area contributed by atoms with Crippen LogP contribution in [0.15, 0.2) is 54.6 Å². The standard InChI is InChI=1S/C22H25NO4/c24-21(12-15-23-13-10-19(11-14-23)22(25)26)18-6-8-20(9-7-18)27-16-17-4-2-1-3-5-17/h1-9,19H,10-16H2,(H,25,26). The molecule has 3 rings (SSSR count). The van der Waals surface area contributed by atoms with E-state index in [0.717, 1.165) is 24.4 Å². The summed E-state index contributed by atoms with van der Waals surface area (Å²) in [6.45, 7) is 2.67. The molecule has 1 saturated heterocycles. The number of rotatable bonds is 8. The van der Waals surface area contributed by atoms with Gasteiger partial charge >= 0.3 is 5.97 Å². The van der Waals surface area contributed by atoms with Gasteiger partial charge in [0.1, 0.15) is 12.4 Å². The Hall–Kier alpha value is -2.66. The fraction of sp³-hybridized carbons (Fsp3) is 0.364. The lowest BCUT2D eigenvalue weighted by molar-refractivity contribution is -0.143. The summed E-state index contributed by atoms with van der Waals surface area (Å²) in [5.74, 6) is -0.100. The fourth-order valence-electron chi connectivity index (χ4n) is 3.29. The molecule has 0 unspecified atom stereocenters. The molecule has 0 bridgehead atoms. The molecule has 1 aliphatic heterocycles. The molecule has 1 fully saturated rings. The minimum Gasteiger partial charge on any atom is -0.489 e. The van der Waals surface area contributed by atoms with Gasteiger partial charge in [0.2, 0.25) is 0 Å². The van der Waals surface area contributed by atoms with E-state index < -0.39 is 5.97 Å². The molecule has 0 aliphatic carbocycles. The molecule has 0 amide bonds. The van der Waals surface area contributed by atoms with E-state index >= 15 is 0 Å². The predicted molar refractivity (Wildman–Crippen MR) is 103 cm³/mol. The molecule has 2 aromatic carbocycles. The average molecular weight is 367 g/mol. The van der Waals surface area contributed by atoms with E-state index in [1.807, 2.05) is 42.5 Å². The van der Waals surface area contributed by atoms with Crippen LogP contribution in [0.1, 0.15) is 35.2 Å². The third kappa shape index (κ3) is 5.66. The number of ketones is 1. The lowest BCUT2D eigenvalue weighted by Crippen LogP contribution is -2.37. The van der Waals surface area contributed by atoms with Crippen LogP contribution in [0.3, 0.4) is 0 Å². The van der Waals surface area contributed by atoms with Gasteiger partial charge in [0.25, 0.3) is 0 Å². The van der Waals surface area contributed by atoms with Crippen LogP contribution in [0.2, 0.25) is 0 Å². The Balaban J connectivity index is 1.43. The number of likely N-dealkylation sites (tertiary alicyclic amines) is 1. The predicted octanol–water partition coefficient (Wildman–Crippen LogP) is 3.64. The summed E-state index contributed by atoms with van der Waals surface area (Å²) in [5.41, 5.74) is 1.78. The SMILES string of the molecule is O=C(CCN1CCC(C(=O)O)CC1)c1ccc(OCc2ccccc2)cc1. The number of carboxylic acids is 1. The number of carbonyl (C=O) groups is 2. The molecule has 1 N–H and O–H groups in total. The summed E-state index contributed by atoms with van der Waals surface area (Å²) in [6.07, 6.45) is 1.77. The van der Waals surface area contributed by atoms with Gasteiger partial charge in [-0.15, -0.1) is 0 Å². The number of carboxylic acid groups (broad SMARTS) is 1. The Morgan fingerprint density at radius 3 is 2.30 bits per heavy atom. The van der Waals surface area contributed by atoms with Gasteiger partial charge in [0, 0.05) is 18.5 Å². The van der Waals surface area contributed by atoms with Crippen LogP contribution in [-0.4, -0.2) is 41.4 Å². The summed E-state index contributed by atoms with van der Waals surface area (Å²) >= 11 is 0. The van der Waals surface area contributed by atoms with Crippen molar-refractivity contribution in [3.05, 3.63) is 65.7 Å². The van der Waals surface area contributed by atoms with Crippen molar-refractivity contribution in [3.8, 4) is 5.75 Å². The zero-order valence-electron chi connectivity index (χ0n) is 15.3. The summed E-state index contributed by atoms with van der Waals surface area (Å²) in [4.78, 5) is 25.5. The van der Waals surface area contributed by atoms with Crippen molar-refractivity contribution in [1.29, 1.82) is 0 Å². The maximum Gasteiger partial charge on any atom is 0.306 e. The van der Waals surface area contributed by atoms with E-state index in [0.29, 0.717) is 38.0 Å². The van der Waals surface area contributed by atoms with Gasteiger partial charge < -0.3 is 14.7 Å². The third-order valence-corrected chi connectivity index (χ3v) is 5.02. The van der Waals surface area contributed by atoms with E-state index in [9.17, 15) is 9.59 Å². The van der Waals surface area contributed by atoms with Gasteiger partial charge in [-0.25, -0.2) is 0 Å². The Morgan fingerprint density at radius 1 is 1.00 bits per heavy atom. The van der Waals surface area contributed by atoms with Crippen molar-refractivity contribution in [3.63, 3.8) is 0 Å². The first-order valence-electron chi connectivity index (χ1n) is 9.37. The Labute approximate surface area is 159 Å². The number of hydrogen-bond acceptors (Lipinski definition) is 4. The molecular weight excluding hydrogens is 342 g/mol. The van der Waals surface area contributed by atoms with Crippen LogP contribution >= 0.6 is 0 Å². The topological polar surface area (TPSA) is 66.8 Å². The second kappa shape index (κ2) is 9.33. The lowest BCUT2D eigenvalue weighted by Gasteiger charge is -2.29. The molecule has 27 heavy (non-hydrogen) atoms. The van der Waals surface area contributed by atoms with E-state index in [-0.39, 0.29) is 11.7 Å². The smallest absolute Gasteiger partial charge is 0.306 e. The normalized spacial score (nSPS) is 15.4. The lowest BCUT2D eigenvalue weighted by atomic mass is 9.97. The van der Waals surface area contributed by atoms with E-state index in [2.05, 4.69) is 4.90 Å². The molecule has 0 aromatic heterocycles. The van der Waals surface area contributed by atoms with Crippen LogP contribution in [0.5, 0.6) is 5.75 Å². The molecule has 5 nitrogen and oxygen atoms in total. The van der Waals surface area contributed by atoms with Crippen LogP contribution in [0.25, 0.3) is 0 Å². The molecule has 5 heteroatoms. The fourth-order valence-corrected chi connectivity index (χ4v) is 3.29. The van der Waals surface area contributed by atoms with E-state index in [1.54, 1.807) is 12.1 Å². The first-order chi connectivity index (χ1) is 13.1. The van der Waals surface area contributed by atoms with E-state index in [4.69, 9.17) is 9.84 Å². The van der Waals surface area contributed by atoms with Gasteiger partial charge in [-0.2, -0.15) is 0 Å². The van der Waals surface area contributed by atoms with Gasteiger partial charge in [-0.3, -0.25) is 9.59 Å². The number of piperidine rings is 1. The van der Waals surface area contributed by atoms with Crippen LogP contribution in [0, 0.1) is 5.92 Å². The van der Waals surface area contributed by atoms with Crippen LogP contribution in [0.4, 0.5) is 0 Å². The number of nitrogens with zero attached hydrogens (tertiary/aromatic N) is 1. The molecule has 1 aliphatic rings. The molecule has 0 radical (unpaired) electrons. The number of aliphatic carboxylic acids is 1. The summed E-state index contributed by atoms with van der Waals surface area (Å²) in [6, 6.07) is 17.2. The highest BCUT2D eigenvalue weighted by atomic mass is 16.5. The Bertz CT molecular complexity index is 750. The highest BCUT2D eigenvalue weighted by Crippen LogP contribution is 2.19. The molecule has 0 saturated carbocycles. The van der Waals surface area contributed by atoms with Crippen molar-refractivity contribution in [2.75, 3.05) is 19.6 Å². The van der Waals surface area contributed by atoms with Crippen molar-refractivity contribution < 1.29 is 19.4 Å². The highest BCUT2D eigenvalue weighted by Gasteiger charge is 2.24. The summed E-state index contributed by atoms with van der Waals surface area (Å²) in [7, 11) is 0. The second-order valence-electron chi connectivity index (χ2n) is 6.93. The largest absolute Gasteiger partial charge is 0.489 e. The highest BCUT2D eigenvalue weighted by molar-refractivity contribution is 5.96. The molecular formula is C22H25NO4. The first-order valence-corrected chi connectivity index (χ1v) is 9.37. The summed E-state index contributed by atoms with van der Waals surface area (Å²) in [5, 5.41) is 9.03. The molecule has 0 atom stereocenters. The van der Waals surface area contributed by atoms with E-state index in [1.165, 1.54) is 0 Å². The monoisotopic (exact) mass is 367 g/mol. The second-order valence-corrected chi connectivity index (χ2v) is 6.93. The minimum absolute atomic E-state index is 0.102. The van der Waals surface area contributed by atoms with Gasteiger partial charge in [-0.1, -0.05) is 30.3 Å². The van der Waals surface area contributed by atoms with Gasteiger partial charge in [-0.05, 0) is 55.8 Å². The van der Waals surface area contributed by atoms with Crippen LogP contribution < -0.4 is 4.74 Å². The van der Waals surface area contributed by atoms with Crippen molar-refractivity contribution in [2.45, 2.75) is 25.9 Å². The quantitative estimate of drug-likeness (QED) is 0.722. The number of carbonyl (C=O) groups excluding carboxylic acids is 1. The van der Waals surface area contributed by atoms with Gasteiger partial charge in [0.05, 0.1) is 5.92 Å². The molecule has 0 spiro atoms. The Kier molecular flexibility index (Phi) is 6.60. The molecule has 2 aromatic rings. The molecule has 142 valence electrons. The maximum absolute atomic E-state index is 12.4. The first kappa shape index (κ1) is 19.1. The van der Waals surface area contributed by atoms with Crippen molar-refractivity contribution in [2.24, 2.45) is 5.92 Å². The zero-order valence-corrected chi connectivity index (χ0v) is 15.3. The number of Topliss-reactive ketones (excluding diaryl/α,β-unsaturated/α-hetero) is 1. The van der Waals surface area contributed by atoms with Crippen LogP contribution in [-0.2, 0) is 11.4 Å². The number of hydrogen-bond donors (Lipinski definition) is 1. The maximum atomic E-state index is 12.4. The summed E-state index contributed by atoms with van der Waals surface area (Å²) < 4.78 is 5.74. The average Bonchev–Trinajstić information content (AvgIpc) is 2.72. The number of ether oxygens (including phenoxy) is 1. The Morgan fingerprint density at radius 2 is 1.67 bits per heavy atom. The zero-order chi connectivity index (χ0) is 19.1. The van der Waals surface area contributed by atoms with Crippen molar-refractivity contribution >= 4 is 11.8 Å². The third-order valence-electron chi connectivity index (χ3n) is 5.02. The molecule has 1 heterocycles. The minimum atomic E-state index is -0.708. The van der Waals surface area contributed by atoms with Gasteiger partial charge in [0.15, 0.2) is 5.78 Å².